The van der Waals surface area contributed by atoms with Crippen LogP contribution >= 0.6 is 0 Å². The second-order valence-corrected chi connectivity index (χ2v) is 4.37. The fraction of sp³-hybridized carbons (Fsp3) is 1.00. The Balaban J connectivity index is 2.22. The molecule has 0 aromatic heterocycles. The first kappa shape index (κ1) is 11.0. The third kappa shape index (κ3) is 3.28. The molecule has 0 heterocycles. The van der Waals surface area contributed by atoms with Crippen molar-refractivity contribution in [2.45, 2.75) is 57.6 Å². The van der Waals surface area contributed by atoms with Crippen LogP contribution in [0.5, 0.6) is 0 Å². The summed E-state index contributed by atoms with van der Waals surface area (Å²) in [6.07, 6.45) is 6.57. The number of hydrogen-bond donors (Lipinski definition) is 1. The van der Waals surface area contributed by atoms with Gasteiger partial charge in [0.1, 0.15) is 0 Å². The van der Waals surface area contributed by atoms with E-state index in [0.717, 1.165) is 19.0 Å². The smallest absolute Gasteiger partial charge is 0.0772 e. The first-order valence-corrected chi connectivity index (χ1v) is 5.49. The van der Waals surface area contributed by atoms with Crippen molar-refractivity contribution < 1.29 is 4.74 Å². The minimum Gasteiger partial charge on any atom is -0.377 e. The lowest BCUT2D eigenvalue weighted by Crippen LogP contribution is -2.42. The van der Waals surface area contributed by atoms with E-state index in [1.807, 2.05) is 0 Å². The number of hydrogen-bond acceptors (Lipinski definition) is 2. The van der Waals surface area contributed by atoms with Gasteiger partial charge in [-0.05, 0) is 26.2 Å². The summed E-state index contributed by atoms with van der Waals surface area (Å²) in [6.45, 7) is 5.35. The molecular weight excluding hydrogens is 162 g/mol. The highest BCUT2D eigenvalue weighted by Gasteiger charge is 2.23. The molecule has 1 unspecified atom stereocenters. The Labute approximate surface area is 82.0 Å². The molecule has 0 aromatic rings. The average Bonchev–Trinajstić information content (AvgIpc) is 2.67. The van der Waals surface area contributed by atoms with E-state index < -0.39 is 0 Å². The van der Waals surface area contributed by atoms with Crippen molar-refractivity contribution >= 4 is 0 Å². The first-order valence-electron chi connectivity index (χ1n) is 5.49. The van der Waals surface area contributed by atoms with Crippen molar-refractivity contribution in [3.63, 3.8) is 0 Å². The van der Waals surface area contributed by atoms with E-state index in [0.29, 0.717) is 0 Å². The molecule has 13 heavy (non-hydrogen) atoms. The molecule has 1 aliphatic rings. The maximum Gasteiger partial charge on any atom is 0.0772 e. The van der Waals surface area contributed by atoms with E-state index in [4.69, 9.17) is 4.74 Å². The summed E-state index contributed by atoms with van der Waals surface area (Å²) in [5.74, 6) is 0. The molecule has 1 aliphatic carbocycles. The van der Waals surface area contributed by atoms with Gasteiger partial charge in [0.05, 0.1) is 5.60 Å². The molecule has 2 nitrogen and oxygen atoms in total. The summed E-state index contributed by atoms with van der Waals surface area (Å²) in [4.78, 5) is 0. The molecule has 0 aromatic carbocycles. The summed E-state index contributed by atoms with van der Waals surface area (Å²) in [5, 5.41) is 3.60. The predicted octanol–water partition coefficient (Wildman–Crippen LogP) is 2.33. The number of rotatable bonds is 5. The SMILES string of the molecule is CCC(C)(CNC1CCCC1)OC. The van der Waals surface area contributed by atoms with E-state index in [1.165, 1.54) is 25.7 Å². The molecule has 0 radical (unpaired) electrons. The minimum atomic E-state index is 0.0303. The molecule has 78 valence electrons. The molecule has 0 saturated heterocycles. The van der Waals surface area contributed by atoms with E-state index in [1.54, 1.807) is 7.11 Å². The standard InChI is InChI=1S/C11H23NO/c1-4-11(2,13-3)9-12-10-7-5-6-8-10/h10,12H,4-9H2,1-3H3. The zero-order chi connectivity index (χ0) is 9.73. The fourth-order valence-corrected chi connectivity index (χ4v) is 1.83. The van der Waals surface area contributed by atoms with Crippen LogP contribution in [0.4, 0.5) is 0 Å². The second-order valence-electron chi connectivity index (χ2n) is 4.37. The number of nitrogens with one attached hydrogen (secondary N) is 1. The van der Waals surface area contributed by atoms with Crippen molar-refractivity contribution in [1.29, 1.82) is 0 Å². The highest BCUT2D eigenvalue weighted by atomic mass is 16.5. The van der Waals surface area contributed by atoms with E-state index in [2.05, 4.69) is 19.2 Å². The van der Waals surface area contributed by atoms with Gasteiger partial charge < -0.3 is 10.1 Å². The quantitative estimate of drug-likeness (QED) is 0.710. The minimum absolute atomic E-state index is 0.0303. The van der Waals surface area contributed by atoms with Crippen molar-refractivity contribution in [3.05, 3.63) is 0 Å². The third-order valence-electron chi connectivity index (χ3n) is 3.36. The summed E-state index contributed by atoms with van der Waals surface area (Å²) in [5.41, 5.74) is 0.0303. The van der Waals surface area contributed by atoms with Gasteiger partial charge in [-0.25, -0.2) is 0 Å². The Bertz CT molecular complexity index is 137. The molecular formula is C11H23NO. The Morgan fingerprint density at radius 1 is 1.38 bits per heavy atom. The third-order valence-corrected chi connectivity index (χ3v) is 3.36. The van der Waals surface area contributed by atoms with E-state index in [-0.39, 0.29) is 5.60 Å². The van der Waals surface area contributed by atoms with Crippen molar-refractivity contribution in [1.82, 2.24) is 5.32 Å². The van der Waals surface area contributed by atoms with Crippen LogP contribution in [0.25, 0.3) is 0 Å². The van der Waals surface area contributed by atoms with Crippen LogP contribution in [0.15, 0.2) is 0 Å². The molecule has 1 saturated carbocycles. The monoisotopic (exact) mass is 185 g/mol. The molecule has 1 N–H and O–H groups in total. The summed E-state index contributed by atoms with van der Waals surface area (Å²) in [6, 6.07) is 0.751. The maximum absolute atomic E-state index is 5.48. The summed E-state index contributed by atoms with van der Waals surface area (Å²) < 4.78 is 5.48. The van der Waals surface area contributed by atoms with Gasteiger partial charge in [-0.1, -0.05) is 19.8 Å². The van der Waals surface area contributed by atoms with Gasteiger partial charge in [0.2, 0.25) is 0 Å². The van der Waals surface area contributed by atoms with Gasteiger partial charge in [0.15, 0.2) is 0 Å². The van der Waals surface area contributed by atoms with E-state index >= 15 is 0 Å². The second kappa shape index (κ2) is 4.97. The van der Waals surface area contributed by atoms with Gasteiger partial charge in [0, 0.05) is 19.7 Å². The lowest BCUT2D eigenvalue weighted by atomic mass is 10.0. The zero-order valence-electron chi connectivity index (χ0n) is 9.23. The lowest BCUT2D eigenvalue weighted by Gasteiger charge is -2.28. The predicted molar refractivity (Wildman–Crippen MR) is 56.0 cm³/mol. The summed E-state index contributed by atoms with van der Waals surface area (Å²) >= 11 is 0. The van der Waals surface area contributed by atoms with Crippen molar-refractivity contribution in [2.75, 3.05) is 13.7 Å². The molecule has 1 fully saturated rings. The van der Waals surface area contributed by atoms with Crippen LogP contribution in [-0.4, -0.2) is 25.3 Å². The van der Waals surface area contributed by atoms with Crippen LogP contribution < -0.4 is 5.32 Å². The van der Waals surface area contributed by atoms with Gasteiger partial charge in [-0.2, -0.15) is 0 Å². The highest BCUT2D eigenvalue weighted by molar-refractivity contribution is 4.81. The van der Waals surface area contributed by atoms with Crippen LogP contribution in [-0.2, 0) is 4.74 Å². The number of methoxy groups -OCH3 is 1. The fourth-order valence-electron chi connectivity index (χ4n) is 1.83. The Hall–Kier alpha value is -0.0800. The molecule has 1 rings (SSSR count). The van der Waals surface area contributed by atoms with E-state index in [9.17, 15) is 0 Å². The molecule has 0 aliphatic heterocycles. The van der Waals surface area contributed by atoms with Crippen LogP contribution in [0, 0.1) is 0 Å². The van der Waals surface area contributed by atoms with Crippen molar-refractivity contribution in [2.24, 2.45) is 0 Å². The zero-order valence-corrected chi connectivity index (χ0v) is 9.23. The van der Waals surface area contributed by atoms with Crippen LogP contribution in [0.1, 0.15) is 46.0 Å². The Morgan fingerprint density at radius 2 is 2.00 bits per heavy atom. The first-order chi connectivity index (χ1) is 6.20. The summed E-state index contributed by atoms with van der Waals surface area (Å²) in [7, 11) is 1.81. The number of ether oxygens (including phenoxy) is 1. The van der Waals surface area contributed by atoms with Crippen molar-refractivity contribution in [3.8, 4) is 0 Å². The molecule has 0 spiro atoms. The molecule has 0 amide bonds. The average molecular weight is 185 g/mol. The Morgan fingerprint density at radius 3 is 2.46 bits per heavy atom. The van der Waals surface area contributed by atoms with Crippen LogP contribution in [0.3, 0.4) is 0 Å². The topological polar surface area (TPSA) is 21.3 Å². The molecule has 0 bridgehead atoms. The lowest BCUT2D eigenvalue weighted by molar-refractivity contribution is 0.00178. The normalized spacial score (nSPS) is 23.3. The maximum atomic E-state index is 5.48. The Kier molecular flexibility index (Phi) is 4.20. The molecule has 1 atom stereocenters. The van der Waals surface area contributed by atoms with Gasteiger partial charge in [0.25, 0.3) is 0 Å². The molecule has 2 heteroatoms. The van der Waals surface area contributed by atoms with Gasteiger partial charge in [-0.3, -0.25) is 0 Å². The largest absolute Gasteiger partial charge is 0.377 e. The van der Waals surface area contributed by atoms with Crippen LogP contribution in [0.2, 0.25) is 0 Å². The highest BCUT2D eigenvalue weighted by Crippen LogP contribution is 2.19. The van der Waals surface area contributed by atoms with Gasteiger partial charge >= 0.3 is 0 Å². The van der Waals surface area contributed by atoms with Gasteiger partial charge in [-0.15, -0.1) is 0 Å².